The summed E-state index contributed by atoms with van der Waals surface area (Å²) in [7, 11) is 1.75. The molecule has 0 radical (unpaired) electrons. The summed E-state index contributed by atoms with van der Waals surface area (Å²) in [4.78, 5) is 0. The zero-order chi connectivity index (χ0) is 14.6. The van der Waals surface area contributed by atoms with E-state index in [0.717, 1.165) is 24.8 Å². The van der Waals surface area contributed by atoms with Gasteiger partial charge in [0, 0.05) is 31.7 Å². The van der Waals surface area contributed by atoms with Crippen molar-refractivity contribution in [2.24, 2.45) is 0 Å². The Bertz CT molecular complexity index is 439. The molecule has 1 aromatic carbocycles. The number of rotatable bonds is 8. The monoisotopic (exact) mass is 277 g/mol. The van der Waals surface area contributed by atoms with Crippen molar-refractivity contribution in [3.05, 3.63) is 29.3 Å². The van der Waals surface area contributed by atoms with E-state index in [4.69, 9.17) is 9.47 Å². The highest BCUT2D eigenvalue weighted by molar-refractivity contribution is 5.40. The van der Waals surface area contributed by atoms with Gasteiger partial charge in [0.2, 0.25) is 0 Å². The number of benzene rings is 1. The standard InChI is InChI=1S/C17H27NO2/c1-13-6-5-7-14(12-18-15-8-9-15)16(13)20-11-10-17(2,3)19-4/h5-7,15,18H,8-12H2,1-4H3. The average molecular weight is 277 g/mol. The van der Waals surface area contributed by atoms with Crippen LogP contribution in [-0.2, 0) is 11.3 Å². The molecule has 0 aliphatic heterocycles. The third kappa shape index (κ3) is 4.50. The Morgan fingerprint density at radius 1 is 1.30 bits per heavy atom. The van der Waals surface area contributed by atoms with E-state index >= 15 is 0 Å². The van der Waals surface area contributed by atoms with Gasteiger partial charge in [-0.1, -0.05) is 18.2 Å². The molecule has 0 amide bonds. The van der Waals surface area contributed by atoms with Gasteiger partial charge in [-0.3, -0.25) is 0 Å². The second kappa shape index (κ2) is 6.59. The van der Waals surface area contributed by atoms with Crippen molar-refractivity contribution < 1.29 is 9.47 Å². The van der Waals surface area contributed by atoms with Crippen LogP contribution < -0.4 is 10.1 Å². The fraction of sp³-hybridized carbons (Fsp3) is 0.647. The lowest BCUT2D eigenvalue weighted by molar-refractivity contribution is 0.00531. The first kappa shape index (κ1) is 15.3. The van der Waals surface area contributed by atoms with Gasteiger partial charge in [-0.25, -0.2) is 0 Å². The number of ether oxygens (including phenoxy) is 2. The van der Waals surface area contributed by atoms with Crippen molar-refractivity contribution in [1.29, 1.82) is 0 Å². The van der Waals surface area contributed by atoms with Crippen LogP contribution in [0.3, 0.4) is 0 Å². The van der Waals surface area contributed by atoms with Crippen molar-refractivity contribution in [1.82, 2.24) is 5.32 Å². The molecular weight excluding hydrogens is 250 g/mol. The van der Waals surface area contributed by atoms with Crippen molar-refractivity contribution in [2.75, 3.05) is 13.7 Å². The molecule has 0 unspecified atom stereocenters. The van der Waals surface area contributed by atoms with Crippen LogP contribution in [0, 0.1) is 6.92 Å². The van der Waals surface area contributed by atoms with Gasteiger partial charge in [0.1, 0.15) is 5.75 Å². The molecule has 0 bridgehead atoms. The first-order valence-corrected chi connectivity index (χ1v) is 7.52. The van der Waals surface area contributed by atoms with Gasteiger partial charge in [0.25, 0.3) is 0 Å². The number of methoxy groups -OCH3 is 1. The molecule has 1 N–H and O–H groups in total. The fourth-order valence-corrected chi connectivity index (χ4v) is 2.10. The Hall–Kier alpha value is -1.06. The van der Waals surface area contributed by atoms with E-state index in [1.54, 1.807) is 7.11 Å². The van der Waals surface area contributed by atoms with Gasteiger partial charge >= 0.3 is 0 Å². The second-order valence-electron chi connectivity index (χ2n) is 6.28. The van der Waals surface area contributed by atoms with Crippen LogP contribution in [0.15, 0.2) is 18.2 Å². The second-order valence-corrected chi connectivity index (χ2v) is 6.28. The van der Waals surface area contributed by atoms with E-state index in [2.05, 4.69) is 44.3 Å². The number of hydrogen-bond donors (Lipinski definition) is 1. The maximum atomic E-state index is 6.04. The molecule has 0 saturated heterocycles. The summed E-state index contributed by atoms with van der Waals surface area (Å²) >= 11 is 0. The molecule has 1 aromatic rings. The van der Waals surface area contributed by atoms with Gasteiger partial charge < -0.3 is 14.8 Å². The van der Waals surface area contributed by atoms with Gasteiger partial charge in [0.15, 0.2) is 0 Å². The molecule has 3 nitrogen and oxygen atoms in total. The lowest BCUT2D eigenvalue weighted by atomic mass is 10.1. The Labute approximate surface area is 122 Å². The van der Waals surface area contributed by atoms with E-state index in [0.29, 0.717) is 6.61 Å². The van der Waals surface area contributed by atoms with E-state index in [-0.39, 0.29) is 5.60 Å². The average Bonchev–Trinajstić information content (AvgIpc) is 3.23. The third-order valence-electron chi connectivity index (χ3n) is 3.96. The van der Waals surface area contributed by atoms with Crippen LogP contribution in [-0.4, -0.2) is 25.4 Å². The van der Waals surface area contributed by atoms with Crippen LogP contribution in [0.25, 0.3) is 0 Å². The normalized spacial score (nSPS) is 15.4. The van der Waals surface area contributed by atoms with Crippen molar-refractivity contribution in [3.8, 4) is 5.75 Å². The summed E-state index contributed by atoms with van der Waals surface area (Å²) in [6, 6.07) is 7.08. The molecule has 20 heavy (non-hydrogen) atoms. The van der Waals surface area contributed by atoms with Crippen LogP contribution in [0.2, 0.25) is 0 Å². The van der Waals surface area contributed by atoms with Crippen molar-refractivity contribution in [3.63, 3.8) is 0 Å². The quantitative estimate of drug-likeness (QED) is 0.789. The molecule has 0 spiro atoms. The predicted molar refractivity (Wildman–Crippen MR) is 82.2 cm³/mol. The van der Waals surface area contributed by atoms with Crippen LogP contribution in [0.5, 0.6) is 5.75 Å². The molecule has 0 aromatic heterocycles. The highest BCUT2D eigenvalue weighted by Crippen LogP contribution is 2.26. The highest BCUT2D eigenvalue weighted by atomic mass is 16.5. The molecule has 0 heterocycles. The SMILES string of the molecule is COC(C)(C)CCOc1c(C)cccc1CNC1CC1. The topological polar surface area (TPSA) is 30.5 Å². The molecule has 112 valence electrons. The van der Waals surface area contributed by atoms with Crippen LogP contribution in [0.1, 0.15) is 44.2 Å². The van der Waals surface area contributed by atoms with Crippen LogP contribution >= 0.6 is 0 Å². The largest absolute Gasteiger partial charge is 0.493 e. The van der Waals surface area contributed by atoms with Gasteiger partial charge in [-0.05, 0) is 39.2 Å². The summed E-state index contributed by atoms with van der Waals surface area (Å²) in [5.41, 5.74) is 2.33. The molecule has 1 saturated carbocycles. The van der Waals surface area contributed by atoms with Crippen molar-refractivity contribution in [2.45, 2.75) is 58.2 Å². The Morgan fingerprint density at radius 3 is 2.70 bits per heavy atom. The minimum atomic E-state index is -0.130. The maximum absolute atomic E-state index is 6.04. The molecular formula is C17H27NO2. The molecule has 1 fully saturated rings. The minimum Gasteiger partial charge on any atom is -0.493 e. The Kier molecular flexibility index (Phi) is 5.06. The van der Waals surface area contributed by atoms with Crippen LogP contribution in [0.4, 0.5) is 0 Å². The molecule has 1 aliphatic carbocycles. The molecule has 3 heteroatoms. The van der Waals surface area contributed by atoms with E-state index < -0.39 is 0 Å². The van der Waals surface area contributed by atoms with Gasteiger partial charge in [-0.2, -0.15) is 0 Å². The summed E-state index contributed by atoms with van der Waals surface area (Å²) < 4.78 is 11.5. The summed E-state index contributed by atoms with van der Waals surface area (Å²) in [6.45, 7) is 7.86. The summed E-state index contributed by atoms with van der Waals surface area (Å²) in [6.07, 6.45) is 3.50. The lowest BCUT2D eigenvalue weighted by Gasteiger charge is -2.23. The van der Waals surface area contributed by atoms with E-state index in [1.165, 1.54) is 24.0 Å². The molecule has 0 atom stereocenters. The third-order valence-corrected chi connectivity index (χ3v) is 3.96. The smallest absolute Gasteiger partial charge is 0.126 e. The van der Waals surface area contributed by atoms with Gasteiger partial charge in [-0.15, -0.1) is 0 Å². The first-order chi connectivity index (χ1) is 9.52. The number of para-hydroxylation sites is 1. The number of nitrogens with one attached hydrogen (secondary N) is 1. The summed E-state index contributed by atoms with van der Waals surface area (Å²) in [5.74, 6) is 1.03. The zero-order valence-electron chi connectivity index (χ0n) is 13.2. The maximum Gasteiger partial charge on any atom is 0.126 e. The highest BCUT2D eigenvalue weighted by Gasteiger charge is 2.21. The molecule has 1 aliphatic rings. The minimum absolute atomic E-state index is 0.130. The van der Waals surface area contributed by atoms with Crippen molar-refractivity contribution >= 4 is 0 Å². The Balaban J connectivity index is 1.94. The number of hydrogen-bond acceptors (Lipinski definition) is 3. The predicted octanol–water partition coefficient (Wildman–Crippen LogP) is 3.44. The molecule has 2 rings (SSSR count). The van der Waals surface area contributed by atoms with E-state index in [9.17, 15) is 0 Å². The van der Waals surface area contributed by atoms with E-state index in [1.807, 2.05) is 0 Å². The summed E-state index contributed by atoms with van der Waals surface area (Å²) in [5, 5.41) is 3.55. The van der Waals surface area contributed by atoms with Gasteiger partial charge in [0.05, 0.1) is 12.2 Å². The number of aryl methyl sites for hydroxylation is 1. The lowest BCUT2D eigenvalue weighted by Crippen LogP contribution is -2.25. The zero-order valence-corrected chi connectivity index (χ0v) is 13.2. The first-order valence-electron chi connectivity index (χ1n) is 7.52. The Morgan fingerprint density at radius 2 is 2.05 bits per heavy atom. The fourth-order valence-electron chi connectivity index (χ4n) is 2.10.